The maximum Gasteiger partial charge on any atom is 0.338 e. The molecule has 0 aromatic heterocycles. The average Bonchev–Trinajstić information content (AvgIpc) is 3.22. The first-order chi connectivity index (χ1) is 18.6. The minimum atomic E-state index is -3.50. The number of esters is 1. The largest absolute Gasteiger partial charge is 0.462 e. The Morgan fingerprint density at radius 3 is 2.36 bits per heavy atom. The van der Waals surface area contributed by atoms with Crippen LogP contribution in [-0.4, -0.2) is 45.7 Å². The molecule has 1 aliphatic rings. The van der Waals surface area contributed by atoms with Gasteiger partial charge in [-0.15, -0.1) is 0 Å². The number of anilines is 3. The van der Waals surface area contributed by atoms with E-state index >= 15 is 0 Å². The van der Waals surface area contributed by atoms with Gasteiger partial charge in [0.25, 0.3) is 5.91 Å². The Morgan fingerprint density at radius 1 is 1.05 bits per heavy atom. The number of ether oxygens (including phenoxy) is 1. The number of hydrogen-bond donors (Lipinski definition) is 3. The van der Waals surface area contributed by atoms with Crippen molar-refractivity contribution in [3.8, 4) is 0 Å². The summed E-state index contributed by atoms with van der Waals surface area (Å²) >= 11 is 0. The zero-order chi connectivity index (χ0) is 28.2. The van der Waals surface area contributed by atoms with Crippen LogP contribution in [0.3, 0.4) is 0 Å². The highest BCUT2D eigenvalue weighted by Gasteiger charge is 2.29. The van der Waals surface area contributed by atoms with Gasteiger partial charge in [0.1, 0.15) is 0 Å². The Labute approximate surface area is 228 Å². The lowest BCUT2D eigenvalue weighted by atomic mass is 9.99. The van der Waals surface area contributed by atoms with Gasteiger partial charge < -0.3 is 21.1 Å². The van der Waals surface area contributed by atoms with Gasteiger partial charge in [-0.1, -0.05) is 36.4 Å². The molecule has 1 amide bonds. The Bertz CT molecular complexity index is 1500. The van der Waals surface area contributed by atoms with Gasteiger partial charge in [0.05, 0.1) is 41.1 Å². The minimum absolute atomic E-state index is 0.135. The molecule has 3 aromatic rings. The number of sulfonamides is 1. The number of benzene rings is 3. The molecular weight excluding hydrogens is 516 g/mol. The fourth-order valence-corrected chi connectivity index (χ4v) is 5.25. The van der Waals surface area contributed by atoms with E-state index in [0.717, 1.165) is 5.56 Å². The summed E-state index contributed by atoms with van der Waals surface area (Å²) in [5.74, 6) is -0.773. The Balaban J connectivity index is 1.72. The highest BCUT2D eigenvalue weighted by molar-refractivity contribution is 7.92. The van der Waals surface area contributed by atoms with Crippen LogP contribution in [0, 0.1) is 0 Å². The summed E-state index contributed by atoms with van der Waals surface area (Å²) in [6.07, 6.45) is 1.69. The van der Waals surface area contributed by atoms with Crippen molar-refractivity contribution in [3.05, 3.63) is 89.5 Å². The van der Waals surface area contributed by atoms with Crippen molar-refractivity contribution >= 4 is 50.2 Å². The van der Waals surface area contributed by atoms with E-state index in [2.05, 4.69) is 10.6 Å². The molecule has 0 saturated heterocycles. The minimum Gasteiger partial charge on any atom is -0.462 e. The molecule has 0 fully saturated rings. The van der Waals surface area contributed by atoms with E-state index in [1.165, 1.54) is 10.6 Å². The summed E-state index contributed by atoms with van der Waals surface area (Å²) in [5.41, 5.74) is 10.3. The van der Waals surface area contributed by atoms with E-state index in [0.29, 0.717) is 45.9 Å². The fraction of sp³-hybridized carbons (Fsp3) is 0.241. The van der Waals surface area contributed by atoms with Crippen molar-refractivity contribution in [1.29, 1.82) is 0 Å². The molecule has 0 bridgehead atoms. The van der Waals surface area contributed by atoms with Crippen molar-refractivity contribution in [2.45, 2.75) is 26.3 Å². The lowest BCUT2D eigenvalue weighted by Crippen LogP contribution is -2.33. The Morgan fingerprint density at radius 2 is 1.74 bits per heavy atom. The summed E-state index contributed by atoms with van der Waals surface area (Å²) in [6, 6.07) is 21.2. The van der Waals surface area contributed by atoms with Crippen LogP contribution in [0.1, 0.15) is 41.8 Å². The molecule has 0 spiro atoms. The summed E-state index contributed by atoms with van der Waals surface area (Å²) in [4.78, 5) is 25.4. The molecule has 10 heteroatoms. The molecule has 1 heterocycles. The number of fused-ring (bicyclic) bond motifs is 1. The highest BCUT2D eigenvalue weighted by atomic mass is 32.2. The number of hydrogen-bond acceptors (Lipinski definition) is 7. The number of carbonyl (C=O) groups is 2. The van der Waals surface area contributed by atoms with Gasteiger partial charge in [-0.05, 0) is 62.2 Å². The first-order valence-electron chi connectivity index (χ1n) is 12.6. The fourth-order valence-electron chi connectivity index (χ4n) is 4.31. The molecule has 9 nitrogen and oxygen atoms in total. The van der Waals surface area contributed by atoms with E-state index in [1.807, 2.05) is 37.3 Å². The van der Waals surface area contributed by atoms with E-state index < -0.39 is 16.0 Å². The van der Waals surface area contributed by atoms with Gasteiger partial charge in [-0.25, -0.2) is 13.2 Å². The molecule has 1 unspecified atom stereocenters. The van der Waals surface area contributed by atoms with Crippen LogP contribution in [-0.2, 0) is 19.6 Å². The summed E-state index contributed by atoms with van der Waals surface area (Å²) < 4.78 is 31.2. The summed E-state index contributed by atoms with van der Waals surface area (Å²) in [6.45, 7) is 4.09. The SMILES string of the molecule is CCOC(=O)c1ccc2c(c1)NC(=O)/C2=C(\Nc1ccc(N(CCC(C)N)S(C)(=O)=O)cc1)c1ccccc1. The van der Waals surface area contributed by atoms with Crippen LogP contribution in [0.4, 0.5) is 17.1 Å². The van der Waals surface area contributed by atoms with Crippen LogP contribution in [0.2, 0.25) is 0 Å². The number of nitrogens with zero attached hydrogens (tertiary/aromatic N) is 1. The van der Waals surface area contributed by atoms with Crippen LogP contribution < -0.4 is 20.7 Å². The van der Waals surface area contributed by atoms with Crippen LogP contribution >= 0.6 is 0 Å². The number of nitrogens with one attached hydrogen (secondary N) is 2. The average molecular weight is 549 g/mol. The van der Waals surface area contributed by atoms with E-state index in [-0.39, 0.29) is 25.1 Å². The number of amides is 1. The zero-order valence-corrected chi connectivity index (χ0v) is 22.9. The molecule has 0 radical (unpaired) electrons. The molecule has 204 valence electrons. The van der Waals surface area contributed by atoms with Gasteiger partial charge in [0.2, 0.25) is 10.0 Å². The normalized spacial score (nSPS) is 14.7. The molecule has 0 saturated carbocycles. The Hall–Kier alpha value is -4.15. The monoisotopic (exact) mass is 548 g/mol. The molecule has 4 N–H and O–H groups in total. The number of rotatable bonds is 10. The van der Waals surface area contributed by atoms with Crippen LogP contribution in [0.5, 0.6) is 0 Å². The lowest BCUT2D eigenvalue weighted by molar-refractivity contribution is -0.110. The predicted molar refractivity (Wildman–Crippen MR) is 155 cm³/mol. The molecule has 3 aromatic carbocycles. The molecular formula is C29H32N4O5S. The quantitative estimate of drug-likeness (QED) is 0.254. The maximum absolute atomic E-state index is 13.2. The third kappa shape index (κ3) is 6.47. The molecule has 4 rings (SSSR count). The van der Waals surface area contributed by atoms with Crippen molar-refractivity contribution in [3.63, 3.8) is 0 Å². The van der Waals surface area contributed by atoms with E-state index in [1.54, 1.807) is 49.4 Å². The third-order valence-corrected chi connectivity index (χ3v) is 7.39. The standard InChI is InChI=1S/C29H32N4O5S/c1-4-38-29(35)21-10-15-24-25(18-21)32-28(34)26(24)27(20-8-6-5-7-9-20)31-22-11-13-23(14-12-22)33(39(3,36)37)17-16-19(2)30/h5-15,18-19,31H,4,16-17,30H2,1-3H3,(H,32,34)/b27-26-. The van der Waals surface area contributed by atoms with Crippen molar-refractivity contribution < 1.29 is 22.7 Å². The molecule has 1 atom stereocenters. The van der Waals surface area contributed by atoms with Crippen LogP contribution in [0.15, 0.2) is 72.8 Å². The lowest BCUT2D eigenvalue weighted by Gasteiger charge is -2.23. The number of nitrogens with two attached hydrogens (primary N) is 1. The highest BCUT2D eigenvalue weighted by Crippen LogP contribution is 2.38. The second-order valence-electron chi connectivity index (χ2n) is 9.32. The van der Waals surface area contributed by atoms with Gasteiger partial charge in [-0.3, -0.25) is 9.10 Å². The molecule has 39 heavy (non-hydrogen) atoms. The summed E-state index contributed by atoms with van der Waals surface area (Å²) in [5, 5.41) is 6.22. The Kier molecular flexibility index (Phi) is 8.37. The third-order valence-electron chi connectivity index (χ3n) is 6.20. The predicted octanol–water partition coefficient (Wildman–Crippen LogP) is 4.30. The first kappa shape index (κ1) is 27.9. The topological polar surface area (TPSA) is 131 Å². The van der Waals surface area contributed by atoms with E-state index in [9.17, 15) is 18.0 Å². The summed E-state index contributed by atoms with van der Waals surface area (Å²) in [7, 11) is -3.50. The van der Waals surface area contributed by atoms with Crippen molar-refractivity contribution in [2.75, 3.05) is 34.3 Å². The first-order valence-corrected chi connectivity index (χ1v) is 14.5. The van der Waals surface area contributed by atoms with Gasteiger partial charge >= 0.3 is 5.97 Å². The molecule has 1 aliphatic heterocycles. The van der Waals surface area contributed by atoms with Gasteiger partial charge in [0, 0.05) is 23.8 Å². The van der Waals surface area contributed by atoms with Crippen molar-refractivity contribution in [2.24, 2.45) is 5.73 Å². The maximum atomic E-state index is 13.2. The van der Waals surface area contributed by atoms with Crippen molar-refractivity contribution in [1.82, 2.24) is 0 Å². The van der Waals surface area contributed by atoms with E-state index in [4.69, 9.17) is 10.5 Å². The zero-order valence-electron chi connectivity index (χ0n) is 22.1. The van der Waals surface area contributed by atoms with Gasteiger partial charge in [-0.2, -0.15) is 0 Å². The van der Waals surface area contributed by atoms with Gasteiger partial charge in [0.15, 0.2) is 0 Å². The second-order valence-corrected chi connectivity index (χ2v) is 11.2. The molecule has 0 aliphatic carbocycles. The number of carbonyl (C=O) groups excluding carboxylic acids is 2. The smallest absolute Gasteiger partial charge is 0.338 e. The van der Waals surface area contributed by atoms with Crippen LogP contribution in [0.25, 0.3) is 11.3 Å². The second kappa shape index (κ2) is 11.7.